The van der Waals surface area contributed by atoms with Crippen LogP contribution in [0.2, 0.25) is 0 Å². The predicted octanol–water partition coefficient (Wildman–Crippen LogP) is 2.52. The molecule has 0 atom stereocenters. The average Bonchev–Trinajstić information content (AvgIpc) is 2.76. The summed E-state index contributed by atoms with van der Waals surface area (Å²) in [6.07, 6.45) is 0. The normalized spacial score (nSPS) is 10.8. The van der Waals surface area contributed by atoms with Gasteiger partial charge < -0.3 is 9.72 Å². The summed E-state index contributed by atoms with van der Waals surface area (Å²) in [5, 5.41) is 2.73. The molecule has 6 heteroatoms. The van der Waals surface area contributed by atoms with Gasteiger partial charge in [0.25, 0.3) is 0 Å². The molecule has 0 spiro atoms. The number of thioether (sulfide) groups is 1. The van der Waals surface area contributed by atoms with Gasteiger partial charge in [0.2, 0.25) is 0 Å². The van der Waals surface area contributed by atoms with Crippen LogP contribution in [-0.4, -0.2) is 28.8 Å². The Morgan fingerprint density at radius 2 is 2.53 bits per heavy atom. The van der Waals surface area contributed by atoms with Crippen LogP contribution >= 0.6 is 23.1 Å². The number of hydrogen-bond donors (Lipinski definition) is 1. The van der Waals surface area contributed by atoms with Gasteiger partial charge in [0, 0.05) is 5.38 Å². The molecule has 2 aromatic heterocycles. The zero-order chi connectivity index (χ0) is 10.8. The Labute approximate surface area is 95.0 Å². The van der Waals surface area contributed by atoms with Crippen molar-refractivity contribution in [3.05, 3.63) is 10.3 Å². The molecular formula is C9H10N2O2S2. The Morgan fingerprint density at radius 1 is 1.73 bits per heavy atom. The van der Waals surface area contributed by atoms with E-state index in [1.54, 1.807) is 11.8 Å². The highest BCUT2D eigenvalue weighted by atomic mass is 32.2. The zero-order valence-electron chi connectivity index (χ0n) is 8.36. The summed E-state index contributed by atoms with van der Waals surface area (Å²) in [7, 11) is 1.38. The van der Waals surface area contributed by atoms with Gasteiger partial charge in [-0.3, -0.25) is 0 Å². The van der Waals surface area contributed by atoms with Crippen LogP contribution in [0.5, 0.6) is 0 Å². The summed E-state index contributed by atoms with van der Waals surface area (Å²) in [6, 6.07) is 0. The number of imidazole rings is 1. The van der Waals surface area contributed by atoms with Crippen LogP contribution in [0, 0.1) is 0 Å². The monoisotopic (exact) mass is 242 g/mol. The number of H-pyrrole nitrogens is 1. The number of methoxy groups -OCH3 is 1. The second kappa shape index (κ2) is 4.24. The van der Waals surface area contributed by atoms with Crippen molar-refractivity contribution >= 4 is 40.1 Å². The quantitative estimate of drug-likeness (QED) is 0.663. The molecule has 0 amide bonds. The number of rotatable bonds is 3. The highest BCUT2D eigenvalue weighted by Gasteiger charge is 2.16. The molecular weight excluding hydrogens is 232 g/mol. The Morgan fingerprint density at radius 3 is 3.20 bits per heavy atom. The maximum Gasteiger partial charge on any atom is 0.350 e. The number of hydrogen-bond acceptors (Lipinski definition) is 5. The van der Waals surface area contributed by atoms with Crippen molar-refractivity contribution in [1.82, 2.24) is 9.97 Å². The fourth-order valence-corrected chi connectivity index (χ4v) is 2.70. The summed E-state index contributed by atoms with van der Waals surface area (Å²) in [5.74, 6) is 0.627. The van der Waals surface area contributed by atoms with Gasteiger partial charge >= 0.3 is 5.97 Å². The average molecular weight is 242 g/mol. The first-order chi connectivity index (χ1) is 7.26. The molecule has 0 radical (unpaired) electrons. The van der Waals surface area contributed by atoms with Crippen LogP contribution in [0.4, 0.5) is 0 Å². The molecule has 80 valence electrons. The molecule has 0 fully saturated rings. The fourth-order valence-electron chi connectivity index (χ4n) is 1.24. The third kappa shape index (κ3) is 1.87. The molecule has 0 aliphatic rings. The lowest BCUT2D eigenvalue weighted by atomic mass is 10.4. The molecule has 0 unspecified atom stereocenters. The summed E-state index contributed by atoms with van der Waals surface area (Å²) in [4.78, 5) is 19.4. The lowest BCUT2D eigenvalue weighted by Gasteiger charge is -1.92. The van der Waals surface area contributed by atoms with E-state index >= 15 is 0 Å². The Bertz CT molecular complexity index is 489. The van der Waals surface area contributed by atoms with Crippen LogP contribution < -0.4 is 0 Å². The summed E-state index contributed by atoms with van der Waals surface area (Å²) < 4.78 is 4.68. The van der Waals surface area contributed by atoms with Crippen molar-refractivity contribution in [2.24, 2.45) is 0 Å². The number of aromatic nitrogens is 2. The van der Waals surface area contributed by atoms with E-state index < -0.39 is 0 Å². The van der Waals surface area contributed by atoms with Gasteiger partial charge in [-0.2, -0.15) is 0 Å². The standard InChI is InChI=1S/C9H10N2O2S2/c1-3-14-9-10-5-4-15-7(6(5)11-9)8(12)13-2/h4H,3H2,1-2H3,(H,10,11). The molecule has 15 heavy (non-hydrogen) atoms. The summed E-state index contributed by atoms with van der Waals surface area (Å²) in [6.45, 7) is 2.06. The molecule has 4 nitrogen and oxygen atoms in total. The smallest absolute Gasteiger partial charge is 0.350 e. The van der Waals surface area contributed by atoms with Gasteiger partial charge in [0.1, 0.15) is 10.4 Å². The fraction of sp³-hybridized carbons (Fsp3) is 0.333. The van der Waals surface area contributed by atoms with E-state index in [0.29, 0.717) is 10.4 Å². The minimum absolute atomic E-state index is 0.324. The lowest BCUT2D eigenvalue weighted by molar-refractivity contribution is 0.0608. The topological polar surface area (TPSA) is 55.0 Å². The van der Waals surface area contributed by atoms with E-state index in [1.165, 1.54) is 18.4 Å². The van der Waals surface area contributed by atoms with Crippen molar-refractivity contribution in [2.45, 2.75) is 12.1 Å². The minimum atomic E-state index is -0.324. The maximum atomic E-state index is 11.4. The minimum Gasteiger partial charge on any atom is -0.465 e. The molecule has 2 heterocycles. The van der Waals surface area contributed by atoms with Crippen LogP contribution in [0.3, 0.4) is 0 Å². The van der Waals surface area contributed by atoms with Crippen molar-refractivity contribution in [2.75, 3.05) is 12.9 Å². The number of esters is 1. The molecule has 0 saturated carbocycles. The van der Waals surface area contributed by atoms with Crippen LogP contribution in [0.15, 0.2) is 10.5 Å². The van der Waals surface area contributed by atoms with E-state index in [0.717, 1.165) is 16.4 Å². The third-order valence-electron chi connectivity index (χ3n) is 1.87. The summed E-state index contributed by atoms with van der Waals surface area (Å²) in [5.41, 5.74) is 1.61. The SMILES string of the molecule is CCSc1nc2c(C(=O)OC)scc2[nH]1. The molecule has 2 aromatic rings. The Kier molecular flexibility index (Phi) is 2.97. The van der Waals surface area contributed by atoms with E-state index in [1.807, 2.05) is 5.38 Å². The van der Waals surface area contributed by atoms with Crippen molar-refractivity contribution in [1.29, 1.82) is 0 Å². The molecule has 0 bridgehead atoms. The Balaban J connectivity index is 2.44. The molecule has 0 saturated heterocycles. The molecule has 0 aliphatic heterocycles. The number of thiophene rings is 1. The Hall–Kier alpha value is -1.01. The van der Waals surface area contributed by atoms with Gasteiger partial charge in [-0.25, -0.2) is 9.78 Å². The molecule has 1 N–H and O–H groups in total. The first kappa shape index (κ1) is 10.5. The number of carbonyl (C=O) groups is 1. The van der Waals surface area contributed by atoms with Crippen LogP contribution in [0.25, 0.3) is 11.0 Å². The number of aromatic amines is 1. The van der Waals surface area contributed by atoms with Crippen LogP contribution in [-0.2, 0) is 4.74 Å². The van der Waals surface area contributed by atoms with Gasteiger partial charge in [-0.05, 0) is 5.75 Å². The molecule has 2 rings (SSSR count). The van der Waals surface area contributed by atoms with E-state index in [2.05, 4.69) is 21.6 Å². The lowest BCUT2D eigenvalue weighted by Crippen LogP contribution is -1.98. The number of nitrogens with one attached hydrogen (secondary N) is 1. The second-order valence-electron chi connectivity index (χ2n) is 2.79. The highest BCUT2D eigenvalue weighted by Crippen LogP contribution is 2.27. The highest BCUT2D eigenvalue weighted by molar-refractivity contribution is 7.99. The largest absolute Gasteiger partial charge is 0.465 e. The van der Waals surface area contributed by atoms with E-state index in [-0.39, 0.29) is 5.97 Å². The van der Waals surface area contributed by atoms with Gasteiger partial charge in [0.15, 0.2) is 5.16 Å². The number of fused-ring (bicyclic) bond motifs is 1. The maximum absolute atomic E-state index is 11.4. The zero-order valence-corrected chi connectivity index (χ0v) is 10.00. The van der Waals surface area contributed by atoms with Gasteiger partial charge in [-0.1, -0.05) is 18.7 Å². The van der Waals surface area contributed by atoms with Crippen molar-refractivity contribution in [3.63, 3.8) is 0 Å². The number of nitrogens with zero attached hydrogens (tertiary/aromatic N) is 1. The van der Waals surface area contributed by atoms with Crippen LogP contribution in [0.1, 0.15) is 16.6 Å². The molecule has 0 aliphatic carbocycles. The predicted molar refractivity (Wildman–Crippen MR) is 61.7 cm³/mol. The number of ether oxygens (including phenoxy) is 1. The second-order valence-corrected chi connectivity index (χ2v) is 4.93. The first-order valence-corrected chi connectivity index (χ1v) is 6.31. The number of carbonyl (C=O) groups excluding carboxylic acids is 1. The van der Waals surface area contributed by atoms with Crippen molar-refractivity contribution < 1.29 is 9.53 Å². The van der Waals surface area contributed by atoms with Crippen molar-refractivity contribution in [3.8, 4) is 0 Å². The molecule has 0 aromatic carbocycles. The van der Waals surface area contributed by atoms with E-state index in [4.69, 9.17) is 0 Å². The summed E-state index contributed by atoms with van der Waals surface area (Å²) >= 11 is 2.97. The van der Waals surface area contributed by atoms with Gasteiger partial charge in [-0.15, -0.1) is 11.3 Å². The van der Waals surface area contributed by atoms with E-state index in [9.17, 15) is 4.79 Å². The third-order valence-corrected chi connectivity index (χ3v) is 3.58. The first-order valence-electron chi connectivity index (χ1n) is 4.44. The van der Waals surface area contributed by atoms with Gasteiger partial charge in [0.05, 0.1) is 12.6 Å².